The molecule has 4 aromatic rings. The van der Waals surface area contributed by atoms with Crippen LogP contribution in [0.4, 0.5) is 0 Å². The van der Waals surface area contributed by atoms with E-state index in [9.17, 15) is 9.59 Å². The quantitative estimate of drug-likeness (QED) is 0.504. The topological polar surface area (TPSA) is 82.9 Å². The largest absolute Gasteiger partial charge is 0.337 e. The predicted octanol–water partition coefficient (Wildman–Crippen LogP) is 3.37. The lowest BCUT2D eigenvalue weighted by molar-refractivity contribution is 0.369. The van der Waals surface area contributed by atoms with Crippen LogP contribution in [0.5, 0.6) is 0 Å². The van der Waals surface area contributed by atoms with Crippen molar-refractivity contribution in [2.75, 3.05) is 0 Å². The summed E-state index contributed by atoms with van der Waals surface area (Å²) in [4.78, 5) is 30.3. The summed E-state index contributed by atoms with van der Waals surface area (Å²) in [6.07, 6.45) is 1.65. The first kappa shape index (κ1) is 18.9. The van der Waals surface area contributed by atoms with Gasteiger partial charge in [0.05, 0.1) is 10.9 Å². The molecule has 0 amide bonds. The first-order valence-electron chi connectivity index (χ1n) is 9.70. The minimum atomic E-state index is -0.363. The molecule has 0 atom stereocenters. The van der Waals surface area contributed by atoms with E-state index in [0.717, 1.165) is 24.0 Å². The van der Waals surface area contributed by atoms with Gasteiger partial charge < -0.3 is 4.52 Å². The van der Waals surface area contributed by atoms with E-state index in [1.165, 1.54) is 9.13 Å². The second kappa shape index (κ2) is 7.87. The Labute approximate surface area is 167 Å². The van der Waals surface area contributed by atoms with Gasteiger partial charge in [-0.3, -0.25) is 13.9 Å². The Bertz CT molecular complexity index is 1280. The van der Waals surface area contributed by atoms with Gasteiger partial charge >= 0.3 is 5.69 Å². The summed E-state index contributed by atoms with van der Waals surface area (Å²) in [5.74, 6) is 0.787. The summed E-state index contributed by atoms with van der Waals surface area (Å²) < 4.78 is 8.23. The summed E-state index contributed by atoms with van der Waals surface area (Å²) in [5, 5.41) is 4.55. The molecule has 0 N–H and O–H groups in total. The molecule has 0 unspecified atom stereocenters. The molecule has 7 nitrogen and oxygen atoms in total. The lowest BCUT2D eigenvalue weighted by atomic mass is 10.1. The van der Waals surface area contributed by atoms with Crippen molar-refractivity contribution in [3.05, 3.63) is 80.8 Å². The fraction of sp³-hybridized carbons (Fsp3) is 0.273. The van der Waals surface area contributed by atoms with Gasteiger partial charge in [-0.15, -0.1) is 0 Å². The van der Waals surface area contributed by atoms with Crippen molar-refractivity contribution in [2.45, 2.75) is 39.8 Å². The Morgan fingerprint density at radius 1 is 1.03 bits per heavy atom. The number of para-hydroxylation sites is 1. The fourth-order valence-corrected chi connectivity index (χ4v) is 3.39. The molecule has 2 aromatic heterocycles. The number of hydrogen-bond donors (Lipinski definition) is 0. The van der Waals surface area contributed by atoms with Crippen LogP contribution in [0.15, 0.2) is 62.6 Å². The summed E-state index contributed by atoms with van der Waals surface area (Å²) in [7, 11) is 0. The molecule has 2 aromatic carbocycles. The van der Waals surface area contributed by atoms with E-state index in [1.807, 2.05) is 38.1 Å². The van der Waals surface area contributed by atoms with Crippen LogP contribution in [0.1, 0.15) is 31.2 Å². The van der Waals surface area contributed by atoms with Crippen molar-refractivity contribution >= 4 is 10.9 Å². The van der Waals surface area contributed by atoms with Gasteiger partial charge in [0, 0.05) is 12.1 Å². The van der Waals surface area contributed by atoms with E-state index >= 15 is 0 Å². The Morgan fingerprint density at radius 3 is 2.66 bits per heavy atom. The van der Waals surface area contributed by atoms with E-state index < -0.39 is 0 Å². The lowest BCUT2D eigenvalue weighted by Crippen LogP contribution is -2.40. The molecule has 0 saturated carbocycles. The molecule has 2 heterocycles. The first-order valence-corrected chi connectivity index (χ1v) is 9.70. The highest BCUT2D eigenvalue weighted by Gasteiger charge is 2.16. The monoisotopic (exact) mass is 390 g/mol. The normalized spacial score (nSPS) is 11.2. The molecule has 0 fully saturated rings. The molecule has 7 heteroatoms. The van der Waals surface area contributed by atoms with Gasteiger partial charge in [0.2, 0.25) is 11.7 Å². The van der Waals surface area contributed by atoms with Gasteiger partial charge in [0.25, 0.3) is 5.56 Å². The molecule has 0 saturated heterocycles. The zero-order valence-electron chi connectivity index (χ0n) is 16.5. The number of rotatable bonds is 6. The van der Waals surface area contributed by atoms with Crippen molar-refractivity contribution in [3.63, 3.8) is 0 Å². The molecule has 29 heavy (non-hydrogen) atoms. The number of hydrogen-bond acceptors (Lipinski definition) is 5. The maximum Gasteiger partial charge on any atom is 0.331 e. The molecule has 0 aliphatic carbocycles. The molecule has 0 aliphatic rings. The lowest BCUT2D eigenvalue weighted by Gasteiger charge is -2.12. The molecule has 148 valence electrons. The number of unbranched alkanes of at least 4 members (excludes halogenated alkanes) is 1. The molecular weight excluding hydrogens is 368 g/mol. The van der Waals surface area contributed by atoms with Crippen molar-refractivity contribution in [2.24, 2.45) is 0 Å². The Hall–Kier alpha value is -3.48. The molecule has 0 spiro atoms. The molecular formula is C22H22N4O3. The summed E-state index contributed by atoms with van der Waals surface area (Å²) in [6.45, 7) is 4.51. The highest BCUT2D eigenvalue weighted by molar-refractivity contribution is 5.77. The van der Waals surface area contributed by atoms with Crippen LogP contribution in [0.25, 0.3) is 22.3 Å². The Kier molecular flexibility index (Phi) is 5.12. The van der Waals surface area contributed by atoms with Crippen LogP contribution in [0.2, 0.25) is 0 Å². The predicted molar refractivity (Wildman–Crippen MR) is 111 cm³/mol. The SMILES string of the molecule is CCCCn1c(=O)c2ccccc2n(Cc2nc(-c3cccc(C)c3)no2)c1=O. The van der Waals surface area contributed by atoms with E-state index in [1.54, 1.807) is 24.3 Å². The number of aromatic nitrogens is 4. The van der Waals surface area contributed by atoms with Crippen LogP contribution in [-0.2, 0) is 13.1 Å². The van der Waals surface area contributed by atoms with Crippen LogP contribution in [0.3, 0.4) is 0 Å². The third-order valence-corrected chi connectivity index (χ3v) is 4.91. The average Bonchev–Trinajstić information content (AvgIpc) is 3.20. The second-order valence-electron chi connectivity index (χ2n) is 7.08. The smallest absolute Gasteiger partial charge is 0.331 e. The van der Waals surface area contributed by atoms with Crippen molar-refractivity contribution in [3.8, 4) is 11.4 Å². The summed E-state index contributed by atoms with van der Waals surface area (Å²) >= 11 is 0. The van der Waals surface area contributed by atoms with Crippen LogP contribution in [0, 0.1) is 6.92 Å². The van der Waals surface area contributed by atoms with Crippen LogP contribution >= 0.6 is 0 Å². The number of nitrogens with zero attached hydrogens (tertiary/aromatic N) is 4. The van der Waals surface area contributed by atoms with Gasteiger partial charge in [0.1, 0.15) is 6.54 Å². The third-order valence-electron chi connectivity index (χ3n) is 4.91. The molecule has 4 rings (SSSR count). The second-order valence-corrected chi connectivity index (χ2v) is 7.08. The third kappa shape index (κ3) is 3.63. The van der Waals surface area contributed by atoms with Crippen LogP contribution < -0.4 is 11.2 Å². The van der Waals surface area contributed by atoms with E-state index in [0.29, 0.717) is 29.2 Å². The van der Waals surface area contributed by atoms with Crippen molar-refractivity contribution < 1.29 is 4.52 Å². The zero-order chi connectivity index (χ0) is 20.4. The van der Waals surface area contributed by atoms with Crippen molar-refractivity contribution in [1.82, 2.24) is 19.3 Å². The standard InChI is InChI=1S/C22H22N4O3/c1-3-4-12-25-21(27)17-10-5-6-11-18(17)26(22(25)28)14-19-23-20(24-29-19)16-9-7-8-15(2)13-16/h5-11,13H,3-4,12,14H2,1-2H3. The van der Waals surface area contributed by atoms with Gasteiger partial charge in [0.15, 0.2) is 0 Å². The van der Waals surface area contributed by atoms with Gasteiger partial charge in [-0.25, -0.2) is 4.79 Å². The van der Waals surface area contributed by atoms with Crippen LogP contribution in [-0.4, -0.2) is 19.3 Å². The number of aryl methyl sites for hydroxylation is 1. The maximum atomic E-state index is 13.1. The highest BCUT2D eigenvalue weighted by atomic mass is 16.5. The minimum absolute atomic E-state index is 0.102. The van der Waals surface area contributed by atoms with Gasteiger partial charge in [-0.05, 0) is 31.5 Å². The fourth-order valence-electron chi connectivity index (χ4n) is 3.39. The summed E-state index contributed by atoms with van der Waals surface area (Å²) in [6, 6.07) is 14.9. The molecule has 0 radical (unpaired) electrons. The Balaban J connectivity index is 1.78. The molecule has 0 aliphatic heterocycles. The Morgan fingerprint density at radius 2 is 1.86 bits per heavy atom. The van der Waals surface area contributed by atoms with E-state index in [2.05, 4.69) is 10.1 Å². The van der Waals surface area contributed by atoms with Crippen molar-refractivity contribution in [1.29, 1.82) is 0 Å². The summed E-state index contributed by atoms with van der Waals surface area (Å²) in [5.41, 5.74) is 1.88. The van der Waals surface area contributed by atoms with E-state index in [4.69, 9.17) is 4.52 Å². The number of fused-ring (bicyclic) bond motifs is 1. The minimum Gasteiger partial charge on any atom is -0.337 e. The zero-order valence-corrected chi connectivity index (χ0v) is 16.5. The first-order chi connectivity index (χ1) is 14.1. The number of benzene rings is 2. The average molecular weight is 390 g/mol. The van der Waals surface area contributed by atoms with Gasteiger partial charge in [-0.1, -0.05) is 54.4 Å². The van der Waals surface area contributed by atoms with Gasteiger partial charge in [-0.2, -0.15) is 4.98 Å². The molecule has 0 bridgehead atoms. The van der Waals surface area contributed by atoms with E-state index in [-0.39, 0.29) is 17.8 Å². The maximum absolute atomic E-state index is 13.1. The highest BCUT2D eigenvalue weighted by Crippen LogP contribution is 2.18.